The van der Waals surface area contributed by atoms with Crippen molar-refractivity contribution in [2.75, 3.05) is 13.1 Å². The van der Waals surface area contributed by atoms with Gasteiger partial charge in [-0.2, -0.15) is 0 Å². The molecule has 1 aromatic heterocycles. The molecule has 1 N–H and O–H groups in total. The third-order valence-corrected chi connectivity index (χ3v) is 3.63. The van der Waals surface area contributed by atoms with Crippen LogP contribution in [0.3, 0.4) is 0 Å². The highest BCUT2D eigenvalue weighted by Crippen LogP contribution is 2.22. The monoisotopic (exact) mass is 289 g/mol. The molecule has 0 saturated carbocycles. The zero-order chi connectivity index (χ0) is 14.8. The van der Waals surface area contributed by atoms with Crippen LogP contribution in [0.4, 0.5) is 4.39 Å². The molecule has 0 spiro atoms. The summed E-state index contributed by atoms with van der Waals surface area (Å²) in [5, 5.41) is 2.81. The molecule has 21 heavy (non-hydrogen) atoms. The number of aromatic nitrogens is 1. The Kier molecular flexibility index (Phi) is 3.70. The van der Waals surface area contributed by atoms with Crippen LogP contribution in [0.5, 0.6) is 0 Å². The van der Waals surface area contributed by atoms with E-state index in [-0.39, 0.29) is 17.8 Å². The summed E-state index contributed by atoms with van der Waals surface area (Å²) < 4.78 is 18.9. The van der Waals surface area contributed by atoms with Crippen LogP contribution in [0.1, 0.15) is 12.8 Å². The van der Waals surface area contributed by atoms with E-state index < -0.39 is 0 Å². The van der Waals surface area contributed by atoms with Gasteiger partial charge in [-0.3, -0.25) is 9.69 Å². The van der Waals surface area contributed by atoms with Gasteiger partial charge in [-0.05, 0) is 19.1 Å². The molecule has 1 aromatic carbocycles. The summed E-state index contributed by atoms with van der Waals surface area (Å²) in [5.41, 5.74) is 0.651. The Hall–Kier alpha value is -2.21. The second kappa shape index (κ2) is 5.65. The van der Waals surface area contributed by atoms with Gasteiger partial charge in [-0.25, -0.2) is 9.37 Å². The minimum atomic E-state index is -0.313. The highest BCUT2D eigenvalue weighted by molar-refractivity contribution is 5.81. The van der Waals surface area contributed by atoms with Gasteiger partial charge in [0.1, 0.15) is 5.82 Å². The van der Waals surface area contributed by atoms with Crippen molar-refractivity contribution in [2.45, 2.75) is 19.5 Å². The highest BCUT2D eigenvalue weighted by Gasteiger charge is 2.26. The second-order valence-corrected chi connectivity index (χ2v) is 5.07. The Morgan fingerprint density at radius 2 is 2.38 bits per heavy atom. The number of hydrogen-bond donors (Lipinski definition) is 1. The lowest BCUT2D eigenvalue weighted by molar-refractivity contribution is -0.128. The lowest BCUT2D eigenvalue weighted by Gasteiger charge is -2.31. The molecule has 1 amide bonds. The molecule has 0 radical (unpaired) electrons. The first-order chi connectivity index (χ1) is 10.1. The summed E-state index contributed by atoms with van der Waals surface area (Å²) >= 11 is 0. The SMILES string of the molecule is CC1C(=O)NCCN1Cc1ncc(-c2cccc(F)c2)o1. The second-order valence-electron chi connectivity index (χ2n) is 5.07. The lowest BCUT2D eigenvalue weighted by Crippen LogP contribution is -2.53. The molecule has 0 aliphatic carbocycles. The van der Waals surface area contributed by atoms with Gasteiger partial charge in [0.2, 0.25) is 11.8 Å². The van der Waals surface area contributed by atoms with Crippen molar-refractivity contribution < 1.29 is 13.6 Å². The normalized spacial score (nSPS) is 19.5. The average molecular weight is 289 g/mol. The third-order valence-electron chi connectivity index (χ3n) is 3.63. The summed E-state index contributed by atoms with van der Waals surface area (Å²) in [6.07, 6.45) is 1.58. The Morgan fingerprint density at radius 1 is 1.52 bits per heavy atom. The van der Waals surface area contributed by atoms with E-state index in [0.717, 1.165) is 6.54 Å². The number of nitrogens with one attached hydrogen (secondary N) is 1. The quantitative estimate of drug-likeness (QED) is 0.936. The molecular formula is C15H16FN3O2. The third kappa shape index (κ3) is 2.95. The fourth-order valence-corrected chi connectivity index (χ4v) is 2.38. The van der Waals surface area contributed by atoms with Crippen molar-refractivity contribution in [1.82, 2.24) is 15.2 Å². The van der Waals surface area contributed by atoms with Crippen molar-refractivity contribution >= 4 is 5.91 Å². The molecule has 110 valence electrons. The van der Waals surface area contributed by atoms with Crippen LogP contribution in [-0.4, -0.2) is 34.9 Å². The molecule has 2 heterocycles. The van der Waals surface area contributed by atoms with Crippen molar-refractivity contribution in [3.8, 4) is 11.3 Å². The van der Waals surface area contributed by atoms with E-state index in [0.29, 0.717) is 30.3 Å². The van der Waals surface area contributed by atoms with E-state index >= 15 is 0 Å². The van der Waals surface area contributed by atoms with E-state index in [1.54, 1.807) is 18.3 Å². The number of amides is 1. The molecule has 6 heteroatoms. The van der Waals surface area contributed by atoms with Crippen LogP contribution in [0.25, 0.3) is 11.3 Å². The molecule has 0 bridgehead atoms. The fourth-order valence-electron chi connectivity index (χ4n) is 2.38. The van der Waals surface area contributed by atoms with Crippen LogP contribution >= 0.6 is 0 Å². The van der Waals surface area contributed by atoms with E-state index in [9.17, 15) is 9.18 Å². The molecule has 1 saturated heterocycles. The van der Waals surface area contributed by atoms with Crippen molar-refractivity contribution in [2.24, 2.45) is 0 Å². The number of carbonyl (C=O) groups is 1. The highest BCUT2D eigenvalue weighted by atomic mass is 19.1. The molecule has 2 aromatic rings. The van der Waals surface area contributed by atoms with Crippen molar-refractivity contribution in [3.05, 3.63) is 42.2 Å². The minimum Gasteiger partial charge on any atom is -0.439 e. The molecule has 3 rings (SSSR count). The van der Waals surface area contributed by atoms with Gasteiger partial charge < -0.3 is 9.73 Å². The topological polar surface area (TPSA) is 58.4 Å². The zero-order valence-corrected chi connectivity index (χ0v) is 11.7. The van der Waals surface area contributed by atoms with Crippen molar-refractivity contribution in [1.29, 1.82) is 0 Å². The Labute approximate surface area is 121 Å². The first-order valence-corrected chi connectivity index (χ1v) is 6.86. The van der Waals surface area contributed by atoms with E-state index in [1.807, 2.05) is 11.8 Å². The van der Waals surface area contributed by atoms with E-state index in [1.165, 1.54) is 12.1 Å². The van der Waals surface area contributed by atoms with Crippen LogP contribution in [0.2, 0.25) is 0 Å². The lowest BCUT2D eigenvalue weighted by atomic mass is 10.2. The molecule has 1 unspecified atom stereocenters. The summed E-state index contributed by atoms with van der Waals surface area (Å²) in [4.78, 5) is 17.8. The number of benzene rings is 1. The van der Waals surface area contributed by atoms with Gasteiger partial charge in [-0.1, -0.05) is 12.1 Å². The number of rotatable bonds is 3. The summed E-state index contributed by atoms with van der Waals surface area (Å²) in [5.74, 6) is 0.749. The van der Waals surface area contributed by atoms with Gasteiger partial charge >= 0.3 is 0 Å². The van der Waals surface area contributed by atoms with Crippen LogP contribution in [-0.2, 0) is 11.3 Å². The molecule has 1 fully saturated rings. The van der Waals surface area contributed by atoms with Gasteiger partial charge in [-0.15, -0.1) is 0 Å². The Balaban J connectivity index is 1.75. The number of hydrogen-bond acceptors (Lipinski definition) is 4. The predicted molar refractivity (Wildman–Crippen MR) is 74.8 cm³/mol. The molecule has 1 aliphatic rings. The Bertz CT molecular complexity index is 656. The molecule has 5 nitrogen and oxygen atoms in total. The Morgan fingerprint density at radius 3 is 3.19 bits per heavy atom. The molecule has 1 atom stereocenters. The van der Waals surface area contributed by atoms with Gasteiger partial charge in [0.25, 0.3) is 0 Å². The molecule has 1 aliphatic heterocycles. The number of carbonyl (C=O) groups excluding carboxylic acids is 1. The zero-order valence-electron chi connectivity index (χ0n) is 11.7. The van der Waals surface area contributed by atoms with Gasteiger partial charge in [0, 0.05) is 18.7 Å². The largest absolute Gasteiger partial charge is 0.439 e. The predicted octanol–water partition coefficient (Wildman–Crippen LogP) is 1.80. The van der Waals surface area contributed by atoms with Gasteiger partial charge in [0.15, 0.2) is 5.76 Å². The number of nitrogens with zero attached hydrogens (tertiary/aromatic N) is 2. The maximum absolute atomic E-state index is 13.2. The van der Waals surface area contributed by atoms with Gasteiger partial charge in [0.05, 0.1) is 18.8 Å². The number of halogens is 1. The van der Waals surface area contributed by atoms with Crippen molar-refractivity contribution in [3.63, 3.8) is 0 Å². The first kappa shape index (κ1) is 13.8. The summed E-state index contributed by atoms with van der Waals surface area (Å²) in [7, 11) is 0. The van der Waals surface area contributed by atoms with E-state index in [4.69, 9.17) is 4.42 Å². The standard InChI is InChI=1S/C15H16FN3O2/c1-10-15(20)17-5-6-19(10)9-14-18-8-13(21-14)11-3-2-4-12(16)7-11/h2-4,7-8,10H,5-6,9H2,1H3,(H,17,20). The van der Waals surface area contributed by atoms with Crippen LogP contribution < -0.4 is 5.32 Å². The maximum Gasteiger partial charge on any atom is 0.237 e. The fraction of sp³-hybridized carbons (Fsp3) is 0.333. The number of oxazole rings is 1. The van der Waals surface area contributed by atoms with Crippen LogP contribution in [0, 0.1) is 5.82 Å². The minimum absolute atomic E-state index is 0.0122. The summed E-state index contributed by atoms with van der Waals surface area (Å²) in [6, 6.07) is 5.98. The summed E-state index contributed by atoms with van der Waals surface area (Å²) in [6.45, 7) is 3.69. The number of piperazine rings is 1. The maximum atomic E-state index is 13.2. The average Bonchev–Trinajstić information content (AvgIpc) is 2.93. The first-order valence-electron chi connectivity index (χ1n) is 6.86. The van der Waals surface area contributed by atoms with Crippen LogP contribution in [0.15, 0.2) is 34.9 Å². The molecular weight excluding hydrogens is 273 g/mol. The van der Waals surface area contributed by atoms with E-state index in [2.05, 4.69) is 10.3 Å². The smallest absolute Gasteiger partial charge is 0.237 e.